The second kappa shape index (κ2) is 4.71. The smallest absolute Gasteiger partial charge is 0.335 e. The Balaban J connectivity index is 2.04. The molecule has 4 aromatic rings. The number of nitrogens with zero attached hydrogens (tertiary/aromatic N) is 2. The summed E-state index contributed by atoms with van der Waals surface area (Å²) in [5.41, 5.74) is 5.19. The number of aryl methyl sites for hydroxylation is 1. The molecule has 5 nitrogen and oxygen atoms in total. The van der Waals surface area contributed by atoms with Crippen molar-refractivity contribution in [2.24, 2.45) is 7.05 Å². The van der Waals surface area contributed by atoms with Gasteiger partial charge >= 0.3 is 5.97 Å². The lowest BCUT2D eigenvalue weighted by atomic mass is 10.0. The summed E-state index contributed by atoms with van der Waals surface area (Å²) in [5, 5.41) is 18.6. The van der Waals surface area contributed by atoms with E-state index < -0.39 is 5.97 Å². The monoisotopic (exact) mass is 305 g/mol. The fourth-order valence-corrected chi connectivity index (χ4v) is 3.16. The zero-order chi connectivity index (χ0) is 16.1. The van der Waals surface area contributed by atoms with Crippen molar-refractivity contribution in [3.63, 3.8) is 0 Å². The van der Waals surface area contributed by atoms with Crippen molar-refractivity contribution in [3.05, 3.63) is 53.7 Å². The first-order valence-corrected chi connectivity index (χ1v) is 7.33. The van der Waals surface area contributed by atoms with Crippen LogP contribution in [0.2, 0.25) is 0 Å². The minimum Gasteiger partial charge on any atom is -0.478 e. The number of carboxylic acids is 1. The summed E-state index contributed by atoms with van der Waals surface area (Å²) >= 11 is 0. The minimum absolute atomic E-state index is 0.252. The van der Waals surface area contributed by atoms with Crippen molar-refractivity contribution in [2.45, 2.75) is 6.92 Å². The molecule has 0 saturated carbocycles. The Kier molecular flexibility index (Phi) is 2.78. The number of H-pyrrole nitrogens is 1. The van der Waals surface area contributed by atoms with Gasteiger partial charge < -0.3 is 9.67 Å². The number of aromatic amines is 1. The molecule has 0 aliphatic carbocycles. The number of aromatic carboxylic acids is 1. The van der Waals surface area contributed by atoms with E-state index in [2.05, 4.69) is 33.8 Å². The van der Waals surface area contributed by atoms with E-state index in [-0.39, 0.29) is 5.56 Å². The van der Waals surface area contributed by atoms with Crippen molar-refractivity contribution in [1.29, 1.82) is 0 Å². The zero-order valence-corrected chi connectivity index (χ0v) is 12.8. The largest absolute Gasteiger partial charge is 0.478 e. The SMILES string of the molecule is Cc1c(-c2n[nH]c3cc(C(=O)O)ccc23)c2ccccc2n1C. The van der Waals surface area contributed by atoms with Crippen molar-refractivity contribution < 1.29 is 9.90 Å². The standard InChI is InChI=1S/C18H15N3O2/c1-10-16(13-5-3-4-6-15(13)21(10)2)17-12-8-7-11(18(22)23)9-14(12)19-20-17/h3-9H,1-2H3,(H,19,20)(H,22,23). The molecule has 114 valence electrons. The number of hydrogen-bond donors (Lipinski definition) is 2. The molecule has 0 amide bonds. The summed E-state index contributed by atoms with van der Waals surface area (Å²) < 4.78 is 2.15. The Morgan fingerprint density at radius 2 is 1.96 bits per heavy atom. The predicted molar refractivity (Wildman–Crippen MR) is 89.7 cm³/mol. The highest BCUT2D eigenvalue weighted by Crippen LogP contribution is 2.36. The van der Waals surface area contributed by atoms with Crippen molar-refractivity contribution in [2.75, 3.05) is 0 Å². The van der Waals surface area contributed by atoms with Crippen LogP contribution in [0.5, 0.6) is 0 Å². The number of carbonyl (C=O) groups is 1. The maximum Gasteiger partial charge on any atom is 0.335 e. The summed E-state index contributed by atoms with van der Waals surface area (Å²) in [6.45, 7) is 2.07. The molecule has 5 heteroatoms. The summed E-state index contributed by atoms with van der Waals surface area (Å²) in [5.74, 6) is -0.940. The maximum atomic E-state index is 11.1. The number of rotatable bonds is 2. The molecule has 23 heavy (non-hydrogen) atoms. The van der Waals surface area contributed by atoms with Crippen molar-refractivity contribution in [1.82, 2.24) is 14.8 Å². The molecule has 0 unspecified atom stereocenters. The van der Waals surface area contributed by atoms with Crippen LogP contribution in [0.4, 0.5) is 0 Å². The number of para-hydroxylation sites is 1. The molecule has 2 N–H and O–H groups in total. The molecule has 0 aliphatic rings. The van der Waals surface area contributed by atoms with Gasteiger partial charge in [0.15, 0.2) is 0 Å². The molecule has 0 fully saturated rings. The Labute approximate surface area is 132 Å². The number of fused-ring (bicyclic) bond motifs is 2. The summed E-state index contributed by atoms with van der Waals surface area (Å²) in [6.07, 6.45) is 0. The summed E-state index contributed by atoms with van der Waals surface area (Å²) in [6, 6.07) is 13.3. The number of aromatic nitrogens is 3. The van der Waals surface area contributed by atoms with E-state index in [1.54, 1.807) is 12.1 Å². The first-order chi connectivity index (χ1) is 11.1. The molecular formula is C18H15N3O2. The van der Waals surface area contributed by atoms with Gasteiger partial charge in [0.25, 0.3) is 0 Å². The maximum absolute atomic E-state index is 11.1. The molecular weight excluding hydrogens is 290 g/mol. The Morgan fingerprint density at radius 1 is 1.17 bits per heavy atom. The molecule has 0 bridgehead atoms. The number of nitrogens with one attached hydrogen (secondary N) is 1. The van der Waals surface area contributed by atoms with Gasteiger partial charge in [-0.2, -0.15) is 5.10 Å². The van der Waals surface area contributed by atoms with Gasteiger partial charge in [0, 0.05) is 34.6 Å². The second-order valence-corrected chi connectivity index (χ2v) is 5.67. The highest BCUT2D eigenvalue weighted by molar-refractivity contribution is 6.05. The van der Waals surface area contributed by atoms with Gasteiger partial charge in [-0.3, -0.25) is 5.10 Å². The first-order valence-electron chi connectivity index (χ1n) is 7.33. The molecule has 2 aromatic carbocycles. The third-order valence-electron chi connectivity index (χ3n) is 4.45. The molecule has 2 aromatic heterocycles. The lowest BCUT2D eigenvalue weighted by molar-refractivity contribution is 0.0697. The molecule has 4 rings (SSSR count). The third-order valence-corrected chi connectivity index (χ3v) is 4.45. The fourth-order valence-electron chi connectivity index (χ4n) is 3.16. The minimum atomic E-state index is -0.940. The topological polar surface area (TPSA) is 70.9 Å². The highest BCUT2D eigenvalue weighted by Gasteiger charge is 2.18. The quantitative estimate of drug-likeness (QED) is 0.593. The summed E-state index contributed by atoms with van der Waals surface area (Å²) in [4.78, 5) is 11.1. The average Bonchev–Trinajstić information content (AvgIpc) is 3.07. The van der Waals surface area contributed by atoms with Crippen LogP contribution in [-0.2, 0) is 7.05 Å². The van der Waals surface area contributed by atoms with Crippen LogP contribution in [0.1, 0.15) is 16.1 Å². The molecule has 2 heterocycles. The lowest BCUT2D eigenvalue weighted by Crippen LogP contribution is -1.94. The average molecular weight is 305 g/mol. The van der Waals surface area contributed by atoms with Crippen LogP contribution in [0, 0.1) is 6.92 Å². The molecule has 0 aliphatic heterocycles. The summed E-state index contributed by atoms with van der Waals surface area (Å²) in [7, 11) is 2.04. The number of benzene rings is 2. The van der Waals surface area contributed by atoms with Gasteiger partial charge in [0.2, 0.25) is 0 Å². The van der Waals surface area contributed by atoms with Gasteiger partial charge in [0.05, 0.1) is 11.1 Å². The van der Waals surface area contributed by atoms with E-state index >= 15 is 0 Å². The van der Waals surface area contributed by atoms with Gasteiger partial charge in [-0.25, -0.2) is 4.79 Å². The van der Waals surface area contributed by atoms with Gasteiger partial charge in [-0.15, -0.1) is 0 Å². The van der Waals surface area contributed by atoms with Crippen LogP contribution in [0.25, 0.3) is 33.1 Å². The Morgan fingerprint density at radius 3 is 2.74 bits per heavy atom. The van der Waals surface area contributed by atoms with Crippen LogP contribution in [0.3, 0.4) is 0 Å². The normalized spacial score (nSPS) is 11.4. The fraction of sp³-hybridized carbons (Fsp3) is 0.111. The molecule has 0 spiro atoms. The van der Waals surface area contributed by atoms with E-state index in [1.165, 1.54) is 0 Å². The van der Waals surface area contributed by atoms with Crippen LogP contribution in [0.15, 0.2) is 42.5 Å². The first kappa shape index (κ1) is 13.6. The predicted octanol–water partition coefficient (Wildman–Crippen LogP) is 3.73. The van der Waals surface area contributed by atoms with Gasteiger partial charge in [-0.05, 0) is 31.2 Å². The third kappa shape index (κ3) is 1.86. The highest BCUT2D eigenvalue weighted by atomic mass is 16.4. The van der Waals surface area contributed by atoms with E-state index in [0.29, 0.717) is 0 Å². The Hall–Kier alpha value is -3.08. The van der Waals surface area contributed by atoms with Crippen molar-refractivity contribution in [3.8, 4) is 11.3 Å². The molecule has 0 saturated heterocycles. The van der Waals surface area contributed by atoms with Crippen LogP contribution < -0.4 is 0 Å². The number of carboxylic acid groups (broad SMARTS) is 1. The van der Waals surface area contributed by atoms with E-state index in [0.717, 1.165) is 38.8 Å². The number of hydrogen-bond acceptors (Lipinski definition) is 2. The lowest BCUT2D eigenvalue weighted by Gasteiger charge is -2.00. The van der Waals surface area contributed by atoms with Gasteiger partial charge in [0.1, 0.15) is 5.69 Å². The van der Waals surface area contributed by atoms with E-state index in [4.69, 9.17) is 5.11 Å². The van der Waals surface area contributed by atoms with Crippen LogP contribution >= 0.6 is 0 Å². The Bertz CT molecular complexity index is 1070. The van der Waals surface area contributed by atoms with E-state index in [1.807, 2.05) is 25.2 Å². The second-order valence-electron chi connectivity index (χ2n) is 5.67. The zero-order valence-electron chi connectivity index (χ0n) is 12.8. The molecule has 0 radical (unpaired) electrons. The van der Waals surface area contributed by atoms with Crippen LogP contribution in [-0.4, -0.2) is 25.8 Å². The van der Waals surface area contributed by atoms with Gasteiger partial charge in [-0.1, -0.05) is 18.2 Å². The molecule has 0 atom stereocenters. The van der Waals surface area contributed by atoms with E-state index in [9.17, 15) is 4.79 Å². The van der Waals surface area contributed by atoms with Crippen molar-refractivity contribution >= 4 is 27.8 Å².